The topological polar surface area (TPSA) is 29.3 Å². The van der Waals surface area contributed by atoms with Crippen molar-refractivity contribution in [1.29, 1.82) is 0 Å². The summed E-state index contributed by atoms with van der Waals surface area (Å²) in [4.78, 5) is 2.69. The van der Waals surface area contributed by atoms with Crippen molar-refractivity contribution in [3.05, 3.63) is 0 Å². The van der Waals surface area contributed by atoms with Gasteiger partial charge < -0.3 is 5.73 Å². The Bertz CT molecular complexity index is 213. The average molecular weight is 210 g/mol. The van der Waals surface area contributed by atoms with Gasteiger partial charge in [-0.15, -0.1) is 0 Å². The summed E-state index contributed by atoms with van der Waals surface area (Å²) in [5.41, 5.74) is 6.12. The van der Waals surface area contributed by atoms with Gasteiger partial charge in [-0.2, -0.15) is 0 Å². The van der Waals surface area contributed by atoms with E-state index < -0.39 is 0 Å². The van der Waals surface area contributed by atoms with Crippen molar-refractivity contribution in [1.82, 2.24) is 4.90 Å². The summed E-state index contributed by atoms with van der Waals surface area (Å²) >= 11 is 0. The lowest BCUT2D eigenvalue weighted by Gasteiger charge is -2.44. The third-order valence-corrected chi connectivity index (χ3v) is 4.62. The van der Waals surface area contributed by atoms with E-state index in [9.17, 15) is 0 Å². The first-order chi connectivity index (χ1) is 7.09. The van der Waals surface area contributed by atoms with Gasteiger partial charge in [0.25, 0.3) is 0 Å². The van der Waals surface area contributed by atoms with Gasteiger partial charge in [-0.05, 0) is 38.5 Å². The molecule has 0 amide bonds. The molecule has 2 fully saturated rings. The maximum absolute atomic E-state index is 6.12. The van der Waals surface area contributed by atoms with Crippen LogP contribution in [0.25, 0.3) is 0 Å². The maximum Gasteiger partial charge on any atom is 0.0110 e. The summed E-state index contributed by atoms with van der Waals surface area (Å²) in [6.45, 7) is 8.28. The van der Waals surface area contributed by atoms with Crippen molar-refractivity contribution in [2.75, 3.05) is 6.54 Å². The average Bonchev–Trinajstić information content (AvgIpc) is 2.98. The second-order valence-electron chi connectivity index (χ2n) is 5.82. The maximum atomic E-state index is 6.12. The van der Waals surface area contributed by atoms with Crippen molar-refractivity contribution in [3.8, 4) is 0 Å². The lowest BCUT2D eigenvalue weighted by atomic mass is 9.86. The molecule has 2 heteroatoms. The van der Waals surface area contributed by atoms with Gasteiger partial charge in [0.2, 0.25) is 0 Å². The van der Waals surface area contributed by atoms with Crippen LogP contribution in [0.3, 0.4) is 0 Å². The van der Waals surface area contributed by atoms with Gasteiger partial charge >= 0.3 is 0 Å². The van der Waals surface area contributed by atoms with Crippen LogP contribution in [-0.4, -0.2) is 29.6 Å². The van der Waals surface area contributed by atoms with Gasteiger partial charge in [0.15, 0.2) is 0 Å². The van der Waals surface area contributed by atoms with E-state index in [0.29, 0.717) is 18.0 Å². The van der Waals surface area contributed by atoms with Crippen molar-refractivity contribution >= 4 is 0 Å². The minimum atomic E-state index is 0.421. The first-order valence-corrected chi connectivity index (χ1v) is 6.61. The molecular formula is C13H26N2. The highest BCUT2D eigenvalue weighted by Gasteiger charge is 2.34. The molecule has 2 aliphatic rings. The van der Waals surface area contributed by atoms with Crippen LogP contribution in [-0.2, 0) is 0 Å². The molecule has 1 aliphatic heterocycles. The molecule has 15 heavy (non-hydrogen) atoms. The van der Waals surface area contributed by atoms with Gasteiger partial charge in [0.1, 0.15) is 0 Å². The van der Waals surface area contributed by atoms with Crippen molar-refractivity contribution in [3.63, 3.8) is 0 Å². The van der Waals surface area contributed by atoms with E-state index >= 15 is 0 Å². The number of nitrogens with two attached hydrogens (primary N) is 1. The summed E-state index contributed by atoms with van der Waals surface area (Å²) in [7, 11) is 0. The highest BCUT2D eigenvalue weighted by atomic mass is 15.2. The van der Waals surface area contributed by atoms with Crippen LogP contribution in [0, 0.1) is 11.8 Å². The molecule has 4 unspecified atom stereocenters. The van der Waals surface area contributed by atoms with Gasteiger partial charge in [-0.1, -0.05) is 19.8 Å². The normalized spacial score (nSPS) is 40.4. The minimum Gasteiger partial charge on any atom is -0.327 e. The molecule has 1 aliphatic carbocycles. The molecule has 2 nitrogen and oxygen atoms in total. The predicted octanol–water partition coefficient (Wildman–Crippen LogP) is 2.23. The quantitative estimate of drug-likeness (QED) is 0.774. The molecule has 1 saturated heterocycles. The molecule has 88 valence electrons. The van der Waals surface area contributed by atoms with Crippen LogP contribution in [0.4, 0.5) is 0 Å². The number of hydrogen-bond donors (Lipinski definition) is 1. The second kappa shape index (κ2) is 4.42. The SMILES string of the molecule is CC1C(N)CCN(C(C)CC2CC2)C1C. The Morgan fingerprint density at radius 2 is 1.93 bits per heavy atom. The largest absolute Gasteiger partial charge is 0.327 e. The Balaban J connectivity index is 1.89. The molecule has 1 heterocycles. The fourth-order valence-corrected chi connectivity index (χ4v) is 3.02. The van der Waals surface area contributed by atoms with Crippen LogP contribution in [0.15, 0.2) is 0 Å². The first kappa shape index (κ1) is 11.4. The van der Waals surface area contributed by atoms with E-state index in [1.807, 2.05) is 0 Å². The molecule has 1 saturated carbocycles. The van der Waals surface area contributed by atoms with E-state index in [-0.39, 0.29) is 0 Å². The van der Waals surface area contributed by atoms with Crippen molar-refractivity contribution < 1.29 is 0 Å². The number of nitrogens with zero attached hydrogens (tertiary/aromatic N) is 1. The van der Waals surface area contributed by atoms with Crippen LogP contribution in [0.2, 0.25) is 0 Å². The highest BCUT2D eigenvalue weighted by molar-refractivity contribution is 4.90. The molecule has 0 spiro atoms. The standard InChI is InChI=1S/C13H26N2/c1-9(8-12-4-5-12)15-7-6-13(14)10(2)11(15)3/h9-13H,4-8,14H2,1-3H3. The summed E-state index contributed by atoms with van der Waals surface area (Å²) in [5.74, 6) is 1.69. The highest BCUT2D eigenvalue weighted by Crippen LogP contribution is 2.36. The van der Waals surface area contributed by atoms with Gasteiger partial charge in [0.05, 0.1) is 0 Å². The van der Waals surface area contributed by atoms with Crippen LogP contribution in [0.5, 0.6) is 0 Å². The fraction of sp³-hybridized carbons (Fsp3) is 1.00. The summed E-state index contributed by atoms with van der Waals surface area (Å²) in [6.07, 6.45) is 5.54. The molecule has 0 radical (unpaired) electrons. The first-order valence-electron chi connectivity index (χ1n) is 6.61. The van der Waals surface area contributed by atoms with E-state index in [0.717, 1.165) is 12.0 Å². The van der Waals surface area contributed by atoms with Crippen LogP contribution >= 0.6 is 0 Å². The number of hydrogen-bond acceptors (Lipinski definition) is 2. The number of likely N-dealkylation sites (tertiary alicyclic amines) is 1. The second-order valence-corrected chi connectivity index (χ2v) is 5.82. The number of piperidine rings is 1. The summed E-state index contributed by atoms with van der Waals surface area (Å²) in [6, 6.07) is 1.86. The van der Waals surface area contributed by atoms with Gasteiger partial charge in [-0.25, -0.2) is 0 Å². The van der Waals surface area contributed by atoms with E-state index in [2.05, 4.69) is 25.7 Å². The van der Waals surface area contributed by atoms with Gasteiger partial charge in [0, 0.05) is 24.7 Å². The van der Waals surface area contributed by atoms with Crippen LogP contribution in [0.1, 0.15) is 46.5 Å². The lowest BCUT2D eigenvalue weighted by Crippen LogP contribution is -2.54. The summed E-state index contributed by atoms with van der Waals surface area (Å²) < 4.78 is 0. The Morgan fingerprint density at radius 3 is 2.53 bits per heavy atom. The number of rotatable bonds is 3. The fourth-order valence-electron chi connectivity index (χ4n) is 3.02. The lowest BCUT2D eigenvalue weighted by molar-refractivity contribution is 0.0575. The Labute approximate surface area is 94.2 Å². The molecule has 2 N–H and O–H groups in total. The smallest absolute Gasteiger partial charge is 0.0110 e. The third-order valence-electron chi connectivity index (χ3n) is 4.62. The van der Waals surface area contributed by atoms with E-state index in [1.54, 1.807) is 0 Å². The van der Waals surface area contributed by atoms with E-state index in [1.165, 1.54) is 32.2 Å². The Kier molecular flexibility index (Phi) is 3.36. The zero-order chi connectivity index (χ0) is 11.0. The molecule has 0 bridgehead atoms. The Morgan fingerprint density at radius 1 is 1.27 bits per heavy atom. The third kappa shape index (κ3) is 2.54. The molecule has 4 atom stereocenters. The minimum absolute atomic E-state index is 0.421. The summed E-state index contributed by atoms with van der Waals surface area (Å²) in [5, 5.41) is 0. The Hall–Kier alpha value is -0.0800. The molecule has 0 aromatic rings. The van der Waals surface area contributed by atoms with E-state index in [4.69, 9.17) is 5.73 Å². The van der Waals surface area contributed by atoms with Crippen LogP contribution < -0.4 is 5.73 Å². The molecule has 0 aromatic heterocycles. The molecule has 0 aromatic carbocycles. The zero-order valence-electron chi connectivity index (χ0n) is 10.4. The monoisotopic (exact) mass is 210 g/mol. The van der Waals surface area contributed by atoms with Crippen molar-refractivity contribution in [2.45, 2.75) is 64.6 Å². The zero-order valence-corrected chi connectivity index (χ0v) is 10.4. The molecular weight excluding hydrogens is 184 g/mol. The predicted molar refractivity (Wildman–Crippen MR) is 64.7 cm³/mol. The van der Waals surface area contributed by atoms with Gasteiger partial charge in [-0.3, -0.25) is 4.90 Å². The molecule has 2 rings (SSSR count). The van der Waals surface area contributed by atoms with Crippen molar-refractivity contribution in [2.24, 2.45) is 17.6 Å².